The molecule has 0 saturated heterocycles. The summed E-state index contributed by atoms with van der Waals surface area (Å²) in [7, 11) is 0. The summed E-state index contributed by atoms with van der Waals surface area (Å²) in [6.45, 7) is 0. The first kappa shape index (κ1) is 22.4. The number of nitrogens with one attached hydrogen (secondary N) is 3. The monoisotopic (exact) mass is 509 g/mol. The maximum atomic E-state index is 12.6. The maximum Gasteiger partial charge on any atom is 0.255 e. The van der Waals surface area contributed by atoms with E-state index < -0.39 is 0 Å². The molecule has 0 fully saturated rings. The molecule has 6 heterocycles. The van der Waals surface area contributed by atoms with E-state index in [9.17, 15) is 4.79 Å². The van der Waals surface area contributed by atoms with Gasteiger partial charge in [-0.3, -0.25) is 19.9 Å². The Balaban J connectivity index is 1.25. The fraction of sp³-hybridized carbons (Fsp3) is 0. The Labute approximate surface area is 221 Å². The zero-order chi connectivity index (χ0) is 26.2. The predicted octanol–water partition coefficient (Wildman–Crippen LogP) is 5.27. The number of carbonyl (C=O) groups is 1. The Hall–Kier alpha value is -5.77. The van der Waals surface area contributed by atoms with E-state index in [1.807, 2.05) is 54.6 Å². The van der Waals surface area contributed by atoms with Crippen LogP contribution in [0, 0.1) is 0 Å². The summed E-state index contributed by atoms with van der Waals surface area (Å²) < 4.78 is 0. The molecule has 0 aliphatic heterocycles. The van der Waals surface area contributed by atoms with E-state index in [2.05, 4.69) is 35.5 Å². The summed E-state index contributed by atoms with van der Waals surface area (Å²) in [6, 6.07) is 20.5. The number of hydrogen-bond donors (Lipinski definition) is 3. The van der Waals surface area contributed by atoms with Crippen molar-refractivity contribution in [1.82, 2.24) is 40.1 Å². The highest BCUT2D eigenvalue weighted by molar-refractivity contribution is 6.04. The van der Waals surface area contributed by atoms with Gasteiger partial charge in [-0.05, 0) is 54.1 Å². The van der Waals surface area contributed by atoms with E-state index in [4.69, 9.17) is 9.97 Å². The smallest absolute Gasteiger partial charge is 0.255 e. The molecule has 10 nitrogen and oxygen atoms in total. The quantitative estimate of drug-likeness (QED) is 0.287. The van der Waals surface area contributed by atoms with E-state index in [0.717, 1.165) is 27.7 Å². The topological polar surface area (TPSA) is 138 Å². The van der Waals surface area contributed by atoms with Crippen molar-refractivity contribution in [3.8, 4) is 33.9 Å². The van der Waals surface area contributed by atoms with Gasteiger partial charge in [0.2, 0.25) is 0 Å². The number of pyridine rings is 4. The molecule has 0 aliphatic rings. The number of imidazole rings is 1. The molecule has 0 aliphatic carbocycles. The van der Waals surface area contributed by atoms with E-state index in [0.29, 0.717) is 39.6 Å². The Bertz CT molecular complexity index is 1960. The molecule has 186 valence electrons. The van der Waals surface area contributed by atoms with Crippen LogP contribution in [0.5, 0.6) is 0 Å². The van der Waals surface area contributed by atoms with Gasteiger partial charge in [-0.1, -0.05) is 18.2 Å². The zero-order valence-electron chi connectivity index (χ0n) is 20.3. The lowest BCUT2D eigenvalue weighted by molar-refractivity contribution is 0.102. The number of amides is 1. The van der Waals surface area contributed by atoms with Crippen LogP contribution < -0.4 is 5.32 Å². The third kappa shape index (κ3) is 4.15. The number of rotatable bonds is 5. The van der Waals surface area contributed by atoms with E-state index >= 15 is 0 Å². The second-order valence-electron chi connectivity index (χ2n) is 8.82. The minimum Gasteiger partial charge on any atom is -0.321 e. The summed E-state index contributed by atoms with van der Waals surface area (Å²) in [5, 5.41) is 10.4. The van der Waals surface area contributed by atoms with Crippen molar-refractivity contribution in [3.05, 3.63) is 103 Å². The first-order chi connectivity index (χ1) is 19.2. The first-order valence-electron chi connectivity index (χ1n) is 12.2. The molecule has 1 aromatic carbocycles. The van der Waals surface area contributed by atoms with Gasteiger partial charge >= 0.3 is 0 Å². The molecule has 6 aromatic heterocycles. The molecule has 3 N–H and O–H groups in total. The predicted molar refractivity (Wildman–Crippen MR) is 148 cm³/mol. The van der Waals surface area contributed by atoms with Gasteiger partial charge in [0, 0.05) is 41.5 Å². The van der Waals surface area contributed by atoms with Crippen LogP contribution in [0.25, 0.3) is 56.1 Å². The molecule has 7 rings (SSSR count). The summed E-state index contributed by atoms with van der Waals surface area (Å²) in [6.07, 6.45) is 8.55. The average Bonchev–Trinajstić information content (AvgIpc) is 3.62. The lowest BCUT2D eigenvalue weighted by Gasteiger charge is -2.07. The van der Waals surface area contributed by atoms with E-state index in [1.165, 1.54) is 0 Å². The molecule has 0 saturated carbocycles. The summed E-state index contributed by atoms with van der Waals surface area (Å²) in [5.74, 6) is 0.344. The Kier molecular flexibility index (Phi) is 5.33. The molecule has 10 heteroatoms. The summed E-state index contributed by atoms with van der Waals surface area (Å²) in [5.41, 5.74) is 7.88. The maximum absolute atomic E-state index is 12.6. The lowest BCUT2D eigenvalue weighted by atomic mass is 10.1. The Morgan fingerprint density at radius 1 is 0.795 bits per heavy atom. The van der Waals surface area contributed by atoms with Gasteiger partial charge < -0.3 is 10.3 Å². The number of aromatic nitrogens is 8. The first-order valence-corrected chi connectivity index (χ1v) is 12.2. The van der Waals surface area contributed by atoms with Gasteiger partial charge in [0.1, 0.15) is 11.0 Å². The average molecular weight is 510 g/mol. The number of anilines is 1. The van der Waals surface area contributed by atoms with Gasteiger partial charge in [0.25, 0.3) is 5.91 Å². The number of benzene rings is 1. The number of hydrogen-bond acceptors (Lipinski definition) is 7. The van der Waals surface area contributed by atoms with Crippen LogP contribution in [0.15, 0.2) is 97.7 Å². The number of aromatic amines is 2. The molecule has 39 heavy (non-hydrogen) atoms. The molecular weight excluding hydrogens is 490 g/mol. The van der Waals surface area contributed by atoms with Crippen LogP contribution >= 0.6 is 0 Å². The normalized spacial score (nSPS) is 11.2. The van der Waals surface area contributed by atoms with Crippen molar-refractivity contribution in [2.75, 3.05) is 5.32 Å². The van der Waals surface area contributed by atoms with Crippen molar-refractivity contribution in [1.29, 1.82) is 0 Å². The number of fused-ring (bicyclic) bond motifs is 2. The number of carbonyl (C=O) groups excluding carboxylic acids is 1. The number of nitrogens with zero attached hydrogens (tertiary/aromatic N) is 6. The SMILES string of the molecule is O=C(Nc1cncc(-c2ccc3[nH]nc(-c4nc5c(-c6ccncc6)ccnc5[nH]4)c3n2)c1)c1ccccc1. The lowest BCUT2D eigenvalue weighted by Crippen LogP contribution is -2.11. The van der Waals surface area contributed by atoms with Crippen LogP contribution in [-0.4, -0.2) is 46.0 Å². The zero-order valence-corrected chi connectivity index (χ0v) is 20.3. The van der Waals surface area contributed by atoms with Crippen LogP contribution in [0.4, 0.5) is 5.69 Å². The minimum atomic E-state index is -0.209. The van der Waals surface area contributed by atoms with E-state index in [1.54, 1.807) is 43.1 Å². The minimum absolute atomic E-state index is 0.209. The third-order valence-corrected chi connectivity index (χ3v) is 6.34. The van der Waals surface area contributed by atoms with Crippen LogP contribution in [0.2, 0.25) is 0 Å². The van der Waals surface area contributed by atoms with Crippen molar-refractivity contribution in [2.45, 2.75) is 0 Å². The summed E-state index contributed by atoms with van der Waals surface area (Å²) >= 11 is 0. The highest BCUT2D eigenvalue weighted by Gasteiger charge is 2.17. The van der Waals surface area contributed by atoms with Crippen molar-refractivity contribution < 1.29 is 4.79 Å². The fourth-order valence-corrected chi connectivity index (χ4v) is 4.45. The number of H-pyrrole nitrogens is 2. The molecular formula is C29H19N9O. The Morgan fingerprint density at radius 2 is 1.67 bits per heavy atom. The largest absolute Gasteiger partial charge is 0.321 e. The van der Waals surface area contributed by atoms with Crippen molar-refractivity contribution >= 4 is 33.8 Å². The van der Waals surface area contributed by atoms with Gasteiger partial charge in [0.05, 0.1) is 23.1 Å². The standard InChI is InChI=1S/C29H19N9O/c39-29(18-4-2-1-3-5-18)33-20-14-19(15-31-16-20)22-6-7-23-25(34-22)26(38-37-23)28-35-24-21(10-13-32-27(24)36-28)17-8-11-30-12-9-17/h1-16H,(H,33,39)(H,37,38)(H,32,35,36). The molecule has 0 radical (unpaired) electrons. The van der Waals surface area contributed by atoms with Crippen LogP contribution in [0.1, 0.15) is 10.4 Å². The molecule has 0 unspecified atom stereocenters. The molecule has 7 aromatic rings. The highest BCUT2D eigenvalue weighted by atomic mass is 16.1. The van der Waals surface area contributed by atoms with Gasteiger partial charge in [-0.2, -0.15) is 5.10 Å². The molecule has 0 bridgehead atoms. The highest BCUT2D eigenvalue weighted by Crippen LogP contribution is 2.31. The van der Waals surface area contributed by atoms with E-state index in [-0.39, 0.29) is 5.91 Å². The van der Waals surface area contributed by atoms with Crippen LogP contribution in [0.3, 0.4) is 0 Å². The van der Waals surface area contributed by atoms with Crippen molar-refractivity contribution in [2.24, 2.45) is 0 Å². The summed E-state index contributed by atoms with van der Waals surface area (Å²) in [4.78, 5) is 38.5. The van der Waals surface area contributed by atoms with Gasteiger partial charge in [-0.15, -0.1) is 0 Å². The van der Waals surface area contributed by atoms with Crippen LogP contribution in [-0.2, 0) is 0 Å². The second-order valence-corrected chi connectivity index (χ2v) is 8.82. The van der Waals surface area contributed by atoms with Gasteiger partial charge in [0.15, 0.2) is 17.2 Å². The van der Waals surface area contributed by atoms with Crippen molar-refractivity contribution in [3.63, 3.8) is 0 Å². The third-order valence-electron chi connectivity index (χ3n) is 6.34. The molecule has 1 amide bonds. The second kappa shape index (κ2) is 9.27. The fourth-order valence-electron chi connectivity index (χ4n) is 4.45. The van der Waals surface area contributed by atoms with Gasteiger partial charge in [-0.25, -0.2) is 15.0 Å². The Morgan fingerprint density at radius 3 is 2.54 bits per heavy atom. The molecule has 0 atom stereocenters. The molecule has 0 spiro atoms.